The molecule has 1 atom stereocenters. The van der Waals surface area contributed by atoms with Gasteiger partial charge in [0.1, 0.15) is 0 Å². The van der Waals surface area contributed by atoms with Crippen molar-refractivity contribution in [3.8, 4) is 0 Å². The Morgan fingerprint density at radius 2 is 2.11 bits per heavy atom. The van der Waals surface area contributed by atoms with Gasteiger partial charge in [0.15, 0.2) is 0 Å². The minimum absolute atomic E-state index is 0.162. The van der Waals surface area contributed by atoms with Gasteiger partial charge in [-0.1, -0.05) is 0 Å². The molecule has 1 aromatic heterocycles. The van der Waals surface area contributed by atoms with Gasteiger partial charge in [0.2, 0.25) is 0 Å². The summed E-state index contributed by atoms with van der Waals surface area (Å²) in [6.45, 7) is 1.97. The predicted molar refractivity (Wildman–Crippen MR) is 61.2 cm³/mol. The molecule has 0 saturated heterocycles. The van der Waals surface area contributed by atoms with E-state index >= 15 is 0 Å². The zero-order valence-corrected chi connectivity index (χ0v) is 9.58. The smallest absolute Gasteiger partial charge is 0.326 e. The van der Waals surface area contributed by atoms with Crippen molar-refractivity contribution in [1.82, 2.24) is 9.55 Å². The molecule has 0 amide bonds. The number of nitrogens with two attached hydrogens (primary N) is 1. The van der Waals surface area contributed by atoms with E-state index in [0.29, 0.717) is 5.52 Å². The molecule has 1 aromatic carbocycles. The lowest BCUT2D eigenvalue weighted by Crippen LogP contribution is -2.28. The van der Waals surface area contributed by atoms with Crippen LogP contribution in [0.1, 0.15) is 12.5 Å². The first-order valence-electron chi connectivity index (χ1n) is 5.34. The molecular formula is C11H12F3N3O. The number of aromatic amines is 1. The van der Waals surface area contributed by atoms with E-state index in [9.17, 15) is 18.0 Å². The van der Waals surface area contributed by atoms with E-state index in [-0.39, 0.29) is 18.1 Å². The summed E-state index contributed by atoms with van der Waals surface area (Å²) < 4.78 is 38.9. The van der Waals surface area contributed by atoms with E-state index in [4.69, 9.17) is 5.73 Å². The van der Waals surface area contributed by atoms with Gasteiger partial charge in [-0.25, -0.2) is 4.79 Å². The second-order valence-electron chi connectivity index (χ2n) is 4.25. The van der Waals surface area contributed by atoms with Gasteiger partial charge >= 0.3 is 11.9 Å². The van der Waals surface area contributed by atoms with Crippen molar-refractivity contribution in [2.24, 2.45) is 5.73 Å². The highest BCUT2D eigenvalue weighted by atomic mass is 19.4. The van der Waals surface area contributed by atoms with E-state index in [1.54, 1.807) is 6.92 Å². The standard InChI is InChI=1S/C11H12F3N3O/c1-6(15)5-17-9-3-2-7(11(12,13)14)4-8(9)16-10(17)18/h2-4,6H,5,15H2,1H3,(H,16,18). The monoisotopic (exact) mass is 259 g/mol. The van der Waals surface area contributed by atoms with E-state index in [1.165, 1.54) is 10.6 Å². The molecule has 0 fully saturated rings. The van der Waals surface area contributed by atoms with Gasteiger partial charge in [-0.15, -0.1) is 0 Å². The second kappa shape index (κ2) is 4.16. The molecule has 0 bridgehead atoms. The molecule has 0 aliphatic heterocycles. The molecule has 1 heterocycles. The Morgan fingerprint density at radius 1 is 1.44 bits per heavy atom. The Hall–Kier alpha value is -1.76. The molecule has 98 valence electrons. The first-order chi connectivity index (χ1) is 8.29. The van der Waals surface area contributed by atoms with Crippen molar-refractivity contribution in [3.63, 3.8) is 0 Å². The average Bonchev–Trinajstić information content (AvgIpc) is 2.53. The van der Waals surface area contributed by atoms with Crippen LogP contribution in [0.2, 0.25) is 0 Å². The molecule has 0 saturated carbocycles. The quantitative estimate of drug-likeness (QED) is 0.862. The summed E-state index contributed by atoms with van der Waals surface area (Å²) >= 11 is 0. The number of alkyl halides is 3. The lowest BCUT2D eigenvalue weighted by Gasteiger charge is -2.08. The number of nitrogens with one attached hydrogen (secondary N) is 1. The number of H-pyrrole nitrogens is 1. The molecule has 0 spiro atoms. The zero-order valence-electron chi connectivity index (χ0n) is 9.58. The Kier molecular flexibility index (Phi) is 2.94. The second-order valence-corrected chi connectivity index (χ2v) is 4.25. The molecule has 18 heavy (non-hydrogen) atoms. The summed E-state index contributed by atoms with van der Waals surface area (Å²) in [4.78, 5) is 14.0. The number of nitrogens with zero attached hydrogens (tertiary/aromatic N) is 1. The molecule has 7 heteroatoms. The van der Waals surface area contributed by atoms with Crippen LogP contribution in [0.5, 0.6) is 0 Å². The number of rotatable bonds is 2. The maximum atomic E-state index is 12.5. The van der Waals surface area contributed by atoms with Crippen LogP contribution in [0.25, 0.3) is 11.0 Å². The van der Waals surface area contributed by atoms with Crippen LogP contribution >= 0.6 is 0 Å². The maximum absolute atomic E-state index is 12.5. The minimum atomic E-state index is -4.42. The number of hydrogen-bond acceptors (Lipinski definition) is 2. The van der Waals surface area contributed by atoms with Crippen LogP contribution in [0.3, 0.4) is 0 Å². The van der Waals surface area contributed by atoms with Gasteiger partial charge in [0.25, 0.3) is 0 Å². The van der Waals surface area contributed by atoms with Gasteiger partial charge < -0.3 is 10.7 Å². The highest BCUT2D eigenvalue weighted by Crippen LogP contribution is 2.30. The molecule has 1 unspecified atom stereocenters. The molecule has 3 N–H and O–H groups in total. The molecular weight excluding hydrogens is 247 g/mol. The van der Waals surface area contributed by atoms with E-state index in [1.807, 2.05) is 0 Å². The van der Waals surface area contributed by atoms with Gasteiger partial charge in [0, 0.05) is 12.6 Å². The Labute approximate surface area is 100 Å². The summed E-state index contributed by atoms with van der Waals surface area (Å²) in [7, 11) is 0. The third-order valence-corrected chi connectivity index (χ3v) is 2.57. The van der Waals surface area contributed by atoms with Crippen LogP contribution < -0.4 is 11.4 Å². The first kappa shape index (κ1) is 12.7. The van der Waals surface area contributed by atoms with Gasteiger partial charge in [-0.05, 0) is 25.1 Å². The van der Waals surface area contributed by atoms with Crippen LogP contribution in [0.15, 0.2) is 23.0 Å². The van der Waals surface area contributed by atoms with Crippen molar-refractivity contribution in [1.29, 1.82) is 0 Å². The Balaban J connectivity index is 2.58. The fraction of sp³-hybridized carbons (Fsp3) is 0.364. The average molecular weight is 259 g/mol. The number of aromatic nitrogens is 2. The molecule has 2 rings (SSSR count). The van der Waals surface area contributed by atoms with Gasteiger partial charge in [-0.3, -0.25) is 4.57 Å². The number of halogens is 3. The fourth-order valence-corrected chi connectivity index (χ4v) is 1.81. The molecule has 4 nitrogen and oxygen atoms in total. The third kappa shape index (κ3) is 2.26. The van der Waals surface area contributed by atoms with Crippen LogP contribution in [-0.4, -0.2) is 15.6 Å². The lowest BCUT2D eigenvalue weighted by atomic mass is 10.2. The largest absolute Gasteiger partial charge is 0.416 e. The van der Waals surface area contributed by atoms with E-state index in [0.717, 1.165) is 12.1 Å². The number of hydrogen-bond donors (Lipinski definition) is 2. The summed E-state index contributed by atoms with van der Waals surface area (Å²) in [6, 6.07) is 2.89. The summed E-state index contributed by atoms with van der Waals surface area (Å²) in [5, 5.41) is 0. The van der Waals surface area contributed by atoms with Crippen molar-refractivity contribution >= 4 is 11.0 Å². The number of benzene rings is 1. The number of imidazole rings is 1. The van der Waals surface area contributed by atoms with Crippen LogP contribution in [0.4, 0.5) is 13.2 Å². The normalized spacial score (nSPS) is 14.1. The third-order valence-electron chi connectivity index (χ3n) is 2.57. The summed E-state index contributed by atoms with van der Waals surface area (Å²) in [5.74, 6) is 0. The van der Waals surface area contributed by atoms with Crippen LogP contribution in [-0.2, 0) is 12.7 Å². The Morgan fingerprint density at radius 3 is 2.67 bits per heavy atom. The zero-order chi connectivity index (χ0) is 13.5. The lowest BCUT2D eigenvalue weighted by molar-refractivity contribution is -0.137. The first-order valence-corrected chi connectivity index (χ1v) is 5.34. The Bertz CT molecular complexity index is 624. The topological polar surface area (TPSA) is 63.8 Å². The van der Waals surface area contributed by atoms with Crippen LogP contribution in [0, 0.1) is 0 Å². The maximum Gasteiger partial charge on any atom is 0.416 e. The van der Waals surface area contributed by atoms with E-state index < -0.39 is 17.4 Å². The highest BCUT2D eigenvalue weighted by molar-refractivity contribution is 5.76. The predicted octanol–water partition coefficient (Wildman–Crippen LogP) is 1.70. The SMILES string of the molecule is CC(N)Cn1c(=O)[nH]c2cc(C(F)(F)F)ccc21. The molecule has 0 radical (unpaired) electrons. The molecule has 0 aliphatic carbocycles. The minimum Gasteiger partial charge on any atom is -0.326 e. The fourth-order valence-electron chi connectivity index (χ4n) is 1.81. The van der Waals surface area contributed by atoms with Gasteiger partial charge in [-0.2, -0.15) is 13.2 Å². The highest BCUT2D eigenvalue weighted by Gasteiger charge is 2.30. The van der Waals surface area contributed by atoms with Gasteiger partial charge in [0.05, 0.1) is 16.6 Å². The number of fused-ring (bicyclic) bond motifs is 1. The molecule has 2 aromatic rings. The van der Waals surface area contributed by atoms with Crippen molar-refractivity contribution < 1.29 is 13.2 Å². The summed E-state index contributed by atoms with van der Waals surface area (Å²) in [5.41, 5.74) is 4.93. The van der Waals surface area contributed by atoms with Crippen molar-refractivity contribution in [2.75, 3.05) is 0 Å². The van der Waals surface area contributed by atoms with Crippen molar-refractivity contribution in [2.45, 2.75) is 25.7 Å². The summed E-state index contributed by atoms with van der Waals surface area (Å²) in [6.07, 6.45) is -4.42. The molecule has 0 aliphatic rings. The van der Waals surface area contributed by atoms with E-state index in [2.05, 4.69) is 4.98 Å². The van der Waals surface area contributed by atoms with Crippen molar-refractivity contribution in [3.05, 3.63) is 34.2 Å².